The van der Waals surface area contributed by atoms with Gasteiger partial charge in [-0.3, -0.25) is 23.2 Å². The van der Waals surface area contributed by atoms with Gasteiger partial charge in [-0.1, -0.05) is 144 Å². The van der Waals surface area contributed by atoms with Gasteiger partial charge in [-0.05, 0) is 77.0 Å². The Kier molecular flexibility index (Phi) is 39.2. The molecule has 5 N–H and O–H groups in total. The maximum absolute atomic E-state index is 12.6. The number of carbonyl (C=O) groups excluding carboxylic acids is 2. The molecule has 14 nitrogen and oxygen atoms in total. The summed E-state index contributed by atoms with van der Waals surface area (Å²) < 4.78 is 47.6. The average Bonchev–Trinajstić information content (AvgIpc) is 3.23. The number of carbonyl (C=O) groups is 2. The zero-order chi connectivity index (χ0) is 46.0. The molecule has 0 saturated carbocycles. The minimum absolute atomic E-state index is 0.0314. The third-order valence-corrected chi connectivity index (χ3v) is 10.3. The van der Waals surface area contributed by atoms with Crippen LogP contribution in [0.1, 0.15) is 149 Å². The van der Waals surface area contributed by atoms with Gasteiger partial charge < -0.3 is 34.4 Å². The molecule has 0 heterocycles. The summed E-state index contributed by atoms with van der Waals surface area (Å²) in [5, 5.41) is 19.8. The fraction of sp³-hybridized carbons (Fsp3) is 0.652. The highest BCUT2D eigenvalue weighted by molar-refractivity contribution is 7.47. The van der Waals surface area contributed by atoms with E-state index >= 15 is 0 Å². The third-order valence-electron chi connectivity index (χ3n) is 8.83. The van der Waals surface area contributed by atoms with Crippen molar-refractivity contribution in [2.75, 3.05) is 26.4 Å². The topological polar surface area (TPSA) is 216 Å². The van der Waals surface area contributed by atoms with Gasteiger partial charge in [-0.25, -0.2) is 9.13 Å². The fourth-order valence-electron chi connectivity index (χ4n) is 5.38. The molecule has 0 spiro atoms. The van der Waals surface area contributed by atoms with Crippen LogP contribution in [0.4, 0.5) is 0 Å². The zero-order valence-corrected chi connectivity index (χ0v) is 39.1. The van der Waals surface area contributed by atoms with Crippen LogP contribution in [0.15, 0.2) is 85.1 Å². The lowest BCUT2D eigenvalue weighted by Gasteiger charge is -2.20. The number of esters is 2. The molecule has 0 aromatic heterocycles. The first-order valence-electron chi connectivity index (χ1n) is 22.4. The fourth-order valence-corrected chi connectivity index (χ4v) is 6.54. The van der Waals surface area contributed by atoms with E-state index in [9.17, 15) is 33.8 Å². The molecule has 0 fully saturated rings. The minimum atomic E-state index is -4.88. The molecule has 62 heavy (non-hydrogen) atoms. The Hall–Kier alpha value is -2.74. The first-order valence-corrected chi connectivity index (χ1v) is 25.4. The lowest BCUT2D eigenvalue weighted by molar-refractivity contribution is -0.161. The number of ether oxygens (including phenoxy) is 2. The number of hydrogen-bond acceptors (Lipinski definition) is 11. The van der Waals surface area contributed by atoms with Crippen LogP contribution >= 0.6 is 15.6 Å². The lowest BCUT2D eigenvalue weighted by Crippen LogP contribution is -2.29. The number of allylic oxidation sites excluding steroid dienone is 12. The predicted octanol–water partition coefficient (Wildman–Crippen LogP) is 10.5. The maximum Gasteiger partial charge on any atom is 0.472 e. The summed E-state index contributed by atoms with van der Waals surface area (Å²) in [6.45, 7) is 1.50. The summed E-state index contributed by atoms with van der Waals surface area (Å²) in [6, 6.07) is 0. The number of aliphatic hydroxyl groups is 2. The summed E-state index contributed by atoms with van der Waals surface area (Å²) in [5.74, 6) is -1.20. The first-order chi connectivity index (χ1) is 29.8. The van der Waals surface area contributed by atoms with Gasteiger partial charge in [0.05, 0.1) is 25.9 Å². The Morgan fingerprint density at radius 2 is 1.02 bits per heavy atom. The Bertz CT molecular complexity index is 1430. The van der Waals surface area contributed by atoms with Crippen LogP contribution < -0.4 is 0 Å². The van der Waals surface area contributed by atoms with Crippen molar-refractivity contribution < 1.29 is 66.7 Å². The summed E-state index contributed by atoms with van der Waals surface area (Å²) in [5.41, 5.74) is 0. The number of hydrogen-bond donors (Lipinski definition) is 5. The first kappa shape index (κ1) is 59.3. The number of phosphoric ester groups is 2. The van der Waals surface area contributed by atoms with E-state index in [1.165, 1.54) is 57.8 Å². The standard InChI is InChI=1S/C46H78O14P2/c1-3-5-7-9-11-12-13-14-15-16-17-18-19-20-25-29-33-37-46(50)60-44(41-59-62(54,55)58-39-43(48)38-57-61(51,52)53)40-56-45(49)36-32-28-24-22-21-23-27-31-35-42(47)34-30-26-10-8-6-4-2/h14-15,17-18,20,22-27,30-31,35,42-44,47-48H,3-13,16,19,21,28-29,32-34,36-41H2,1-2H3,(H,54,55)(H2,51,52,53)/b15-14-,18-17-,24-22-,25-20-,27-23-,30-26-,35-31+/t42-,43+,44-/m1/s1. The molecule has 356 valence electrons. The monoisotopic (exact) mass is 916 g/mol. The van der Waals surface area contributed by atoms with E-state index in [1.54, 1.807) is 6.08 Å². The molecule has 0 amide bonds. The average molecular weight is 917 g/mol. The van der Waals surface area contributed by atoms with E-state index in [4.69, 9.17) is 23.8 Å². The largest absolute Gasteiger partial charge is 0.472 e. The van der Waals surface area contributed by atoms with Crippen LogP contribution in [-0.2, 0) is 41.8 Å². The van der Waals surface area contributed by atoms with Crippen LogP contribution in [0.5, 0.6) is 0 Å². The van der Waals surface area contributed by atoms with Crippen molar-refractivity contribution >= 4 is 27.6 Å². The summed E-state index contributed by atoms with van der Waals surface area (Å²) in [7, 11) is -9.74. The Morgan fingerprint density at radius 3 is 1.65 bits per heavy atom. The second kappa shape index (κ2) is 41.0. The number of phosphoric acid groups is 2. The molecule has 0 aliphatic heterocycles. The van der Waals surface area contributed by atoms with E-state index < -0.39 is 72.3 Å². The van der Waals surface area contributed by atoms with Crippen molar-refractivity contribution in [1.82, 2.24) is 0 Å². The third kappa shape index (κ3) is 43.9. The van der Waals surface area contributed by atoms with E-state index in [0.717, 1.165) is 25.7 Å². The van der Waals surface area contributed by atoms with Gasteiger partial charge in [0.1, 0.15) is 12.7 Å². The van der Waals surface area contributed by atoms with Crippen LogP contribution in [-0.4, -0.2) is 81.6 Å². The Labute approximate surface area is 371 Å². The molecule has 0 aliphatic carbocycles. The molecule has 0 aliphatic rings. The van der Waals surface area contributed by atoms with E-state index in [1.807, 2.05) is 48.6 Å². The van der Waals surface area contributed by atoms with Crippen LogP contribution in [0.25, 0.3) is 0 Å². The smallest absolute Gasteiger partial charge is 0.462 e. The number of aliphatic hydroxyl groups excluding tert-OH is 2. The second-order valence-electron chi connectivity index (χ2n) is 14.8. The molecule has 0 rings (SSSR count). The summed E-state index contributed by atoms with van der Waals surface area (Å²) >= 11 is 0. The summed E-state index contributed by atoms with van der Waals surface area (Å²) in [6.07, 6.45) is 43.3. The molecule has 16 heteroatoms. The SMILES string of the molecule is CCCCC/C=C\C[C@@H](O)/C=C/C=C\C/C=C\CCCC(=O)OC[C@H](COP(=O)(O)OC[C@@H](O)COP(=O)(O)O)OC(=O)CCC/C=C\C/C=C\C/C=C\CCCCCCCC. The van der Waals surface area contributed by atoms with Gasteiger partial charge in [-0.2, -0.15) is 0 Å². The zero-order valence-electron chi connectivity index (χ0n) is 37.3. The molecule has 0 aromatic rings. The lowest BCUT2D eigenvalue weighted by atomic mass is 10.1. The van der Waals surface area contributed by atoms with Gasteiger partial charge in [0.15, 0.2) is 6.10 Å². The highest BCUT2D eigenvalue weighted by Gasteiger charge is 2.28. The molecule has 0 bridgehead atoms. The van der Waals surface area contributed by atoms with Gasteiger partial charge in [0.25, 0.3) is 0 Å². The van der Waals surface area contributed by atoms with Crippen molar-refractivity contribution in [3.63, 3.8) is 0 Å². The van der Waals surface area contributed by atoms with E-state index in [0.29, 0.717) is 38.5 Å². The van der Waals surface area contributed by atoms with Crippen LogP contribution in [0.3, 0.4) is 0 Å². The summed E-state index contributed by atoms with van der Waals surface area (Å²) in [4.78, 5) is 52.7. The van der Waals surface area contributed by atoms with Gasteiger partial charge in [0.2, 0.25) is 0 Å². The normalized spacial score (nSPS) is 15.3. The van der Waals surface area contributed by atoms with Crippen molar-refractivity contribution in [3.8, 4) is 0 Å². The van der Waals surface area contributed by atoms with E-state index in [-0.39, 0.29) is 12.8 Å². The minimum Gasteiger partial charge on any atom is -0.462 e. The molecule has 4 atom stereocenters. The maximum atomic E-state index is 12.6. The number of unbranched alkanes of at least 4 members (excludes halogenated alkanes) is 11. The molecule has 0 radical (unpaired) electrons. The molecular weight excluding hydrogens is 838 g/mol. The van der Waals surface area contributed by atoms with Crippen LogP contribution in [0.2, 0.25) is 0 Å². The molecular formula is C46H78O14P2. The highest BCUT2D eigenvalue weighted by atomic mass is 31.2. The van der Waals surface area contributed by atoms with Crippen molar-refractivity contribution in [3.05, 3.63) is 85.1 Å². The Morgan fingerprint density at radius 1 is 0.532 bits per heavy atom. The molecule has 0 aromatic carbocycles. The van der Waals surface area contributed by atoms with Crippen molar-refractivity contribution in [2.45, 2.75) is 167 Å². The van der Waals surface area contributed by atoms with Crippen molar-refractivity contribution in [1.29, 1.82) is 0 Å². The van der Waals surface area contributed by atoms with Gasteiger partial charge >= 0.3 is 27.6 Å². The Balaban J connectivity index is 4.75. The number of rotatable bonds is 41. The van der Waals surface area contributed by atoms with Crippen LogP contribution in [0, 0.1) is 0 Å². The van der Waals surface area contributed by atoms with E-state index in [2.05, 4.69) is 53.3 Å². The quantitative estimate of drug-likeness (QED) is 0.0127. The van der Waals surface area contributed by atoms with Gasteiger partial charge in [-0.15, -0.1) is 0 Å². The molecule has 1 unspecified atom stereocenters. The predicted molar refractivity (Wildman–Crippen MR) is 245 cm³/mol. The molecule has 0 saturated heterocycles. The van der Waals surface area contributed by atoms with Crippen molar-refractivity contribution in [2.24, 2.45) is 0 Å². The highest BCUT2D eigenvalue weighted by Crippen LogP contribution is 2.43. The second-order valence-corrected chi connectivity index (χ2v) is 17.5. The van der Waals surface area contributed by atoms with Gasteiger partial charge in [0, 0.05) is 12.8 Å².